The van der Waals surface area contributed by atoms with Gasteiger partial charge in [0, 0.05) is 13.1 Å². The van der Waals surface area contributed by atoms with Crippen LogP contribution in [-0.2, 0) is 11.2 Å². The third-order valence-corrected chi connectivity index (χ3v) is 3.44. The lowest BCUT2D eigenvalue weighted by atomic mass is 10.0. The summed E-state index contributed by atoms with van der Waals surface area (Å²) in [5, 5.41) is 0. The molecule has 1 aromatic carbocycles. The molecule has 0 aliphatic rings. The lowest BCUT2D eigenvalue weighted by Gasteiger charge is -2.28. The van der Waals surface area contributed by atoms with Gasteiger partial charge in [-0.15, -0.1) is 0 Å². The Balaban J connectivity index is 2.56. The molecule has 3 nitrogen and oxygen atoms in total. The first kappa shape index (κ1) is 15.7. The number of carbonyl (C=O) groups excluding carboxylic acids is 1. The molecule has 1 rings (SSSR count). The molecule has 2 unspecified atom stereocenters. The third kappa shape index (κ3) is 5.03. The van der Waals surface area contributed by atoms with Gasteiger partial charge in [-0.1, -0.05) is 44.2 Å². The Morgan fingerprint density at radius 3 is 2.32 bits per heavy atom. The Kier molecular flexibility index (Phi) is 6.03. The van der Waals surface area contributed by atoms with E-state index in [-0.39, 0.29) is 11.9 Å². The van der Waals surface area contributed by atoms with Crippen molar-refractivity contribution in [3.05, 3.63) is 35.9 Å². The van der Waals surface area contributed by atoms with Crippen LogP contribution in [0.5, 0.6) is 0 Å². The predicted molar refractivity (Wildman–Crippen MR) is 79.8 cm³/mol. The zero-order chi connectivity index (χ0) is 14.4. The molecular formula is C16H26N2O. The average molecular weight is 262 g/mol. The maximum Gasteiger partial charge on any atom is 0.239 e. The van der Waals surface area contributed by atoms with Gasteiger partial charge in [-0.2, -0.15) is 0 Å². The standard InChI is InChI=1S/C16H26N2O/c1-12(2)10-13(3)18(4)16(19)15(17)11-14-8-6-5-7-9-14/h5-9,12-13,15H,10-11,17H2,1-4H3. The summed E-state index contributed by atoms with van der Waals surface area (Å²) in [6.45, 7) is 6.41. The Morgan fingerprint density at radius 1 is 1.21 bits per heavy atom. The van der Waals surface area contributed by atoms with Gasteiger partial charge in [0.25, 0.3) is 0 Å². The van der Waals surface area contributed by atoms with E-state index in [1.807, 2.05) is 37.4 Å². The molecule has 0 radical (unpaired) electrons. The Labute approximate surface area is 116 Å². The maximum atomic E-state index is 12.3. The predicted octanol–water partition coefficient (Wildman–Crippen LogP) is 2.45. The van der Waals surface area contributed by atoms with E-state index in [0.717, 1.165) is 12.0 Å². The molecule has 0 bridgehead atoms. The lowest BCUT2D eigenvalue weighted by molar-refractivity contribution is -0.133. The largest absolute Gasteiger partial charge is 0.342 e. The topological polar surface area (TPSA) is 46.3 Å². The number of nitrogens with two attached hydrogens (primary N) is 1. The van der Waals surface area contributed by atoms with Crippen molar-refractivity contribution in [2.24, 2.45) is 11.7 Å². The quantitative estimate of drug-likeness (QED) is 0.856. The van der Waals surface area contributed by atoms with Crippen molar-refractivity contribution < 1.29 is 4.79 Å². The molecule has 19 heavy (non-hydrogen) atoms. The number of amides is 1. The number of hydrogen-bond donors (Lipinski definition) is 1. The second-order valence-corrected chi connectivity index (χ2v) is 5.72. The van der Waals surface area contributed by atoms with Crippen LogP contribution < -0.4 is 5.73 Å². The molecular weight excluding hydrogens is 236 g/mol. The molecule has 0 spiro atoms. The molecule has 0 heterocycles. The highest BCUT2D eigenvalue weighted by molar-refractivity contribution is 5.82. The zero-order valence-electron chi connectivity index (χ0n) is 12.5. The Hall–Kier alpha value is -1.35. The van der Waals surface area contributed by atoms with Gasteiger partial charge in [-0.05, 0) is 31.2 Å². The summed E-state index contributed by atoms with van der Waals surface area (Å²) < 4.78 is 0. The lowest BCUT2D eigenvalue weighted by Crippen LogP contribution is -2.46. The van der Waals surface area contributed by atoms with E-state index >= 15 is 0 Å². The van der Waals surface area contributed by atoms with Crippen molar-refractivity contribution in [1.82, 2.24) is 4.90 Å². The summed E-state index contributed by atoms with van der Waals surface area (Å²) >= 11 is 0. The van der Waals surface area contributed by atoms with Gasteiger partial charge in [0.15, 0.2) is 0 Å². The molecule has 1 amide bonds. The number of rotatable bonds is 6. The molecule has 1 aromatic rings. The minimum absolute atomic E-state index is 0.0250. The smallest absolute Gasteiger partial charge is 0.239 e. The van der Waals surface area contributed by atoms with Crippen LogP contribution in [0.4, 0.5) is 0 Å². The minimum atomic E-state index is -0.456. The van der Waals surface area contributed by atoms with Crippen molar-refractivity contribution >= 4 is 5.91 Å². The first-order valence-electron chi connectivity index (χ1n) is 6.98. The average Bonchev–Trinajstić information content (AvgIpc) is 2.37. The van der Waals surface area contributed by atoms with Crippen LogP contribution in [0.15, 0.2) is 30.3 Å². The van der Waals surface area contributed by atoms with Gasteiger partial charge in [0.05, 0.1) is 6.04 Å². The first-order valence-corrected chi connectivity index (χ1v) is 6.98. The normalized spacial score (nSPS) is 14.2. The van der Waals surface area contributed by atoms with Gasteiger partial charge in [0.1, 0.15) is 0 Å². The van der Waals surface area contributed by atoms with Crippen molar-refractivity contribution in [3.8, 4) is 0 Å². The van der Waals surface area contributed by atoms with E-state index in [9.17, 15) is 4.79 Å². The summed E-state index contributed by atoms with van der Waals surface area (Å²) in [7, 11) is 1.85. The Morgan fingerprint density at radius 2 is 1.79 bits per heavy atom. The number of benzene rings is 1. The van der Waals surface area contributed by atoms with Crippen molar-refractivity contribution in [2.45, 2.75) is 45.7 Å². The molecule has 0 saturated heterocycles. The summed E-state index contributed by atoms with van der Waals surface area (Å²) in [4.78, 5) is 14.1. The minimum Gasteiger partial charge on any atom is -0.342 e. The summed E-state index contributed by atoms with van der Waals surface area (Å²) in [5.74, 6) is 0.604. The van der Waals surface area contributed by atoms with Crippen LogP contribution in [0.25, 0.3) is 0 Å². The second kappa shape index (κ2) is 7.29. The van der Waals surface area contributed by atoms with Crippen molar-refractivity contribution in [3.63, 3.8) is 0 Å². The van der Waals surface area contributed by atoms with Crippen LogP contribution in [0, 0.1) is 5.92 Å². The van der Waals surface area contributed by atoms with E-state index in [0.29, 0.717) is 12.3 Å². The van der Waals surface area contributed by atoms with Crippen LogP contribution >= 0.6 is 0 Å². The van der Waals surface area contributed by atoms with Crippen molar-refractivity contribution in [1.29, 1.82) is 0 Å². The Bertz CT molecular complexity index is 389. The molecule has 2 atom stereocenters. The number of carbonyl (C=O) groups is 1. The van der Waals surface area contributed by atoms with E-state index in [1.165, 1.54) is 0 Å². The SMILES string of the molecule is CC(C)CC(C)N(C)C(=O)C(N)Cc1ccccc1. The highest BCUT2D eigenvalue weighted by Gasteiger charge is 2.22. The van der Waals surface area contributed by atoms with Gasteiger partial charge >= 0.3 is 0 Å². The fourth-order valence-corrected chi connectivity index (χ4v) is 2.27. The van der Waals surface area contributed by atoms with Crippen molar-refractivity contribution in [2.75, 3.05) is 7.05 Å². The monoisotopic (exact) mass is 262 g/mol. The number of nitrogens with zero attached hydrogens (tertiary/aromatic N) is 1. The molecule has 0 aromatic heterocycles. The van der Waals surface area contributed by atoms with Gasteiger partial charge < -0.3 is 10.6 Å². The molecule has 0 aliphatic carbocycles. The van der Waals surface area contributed by atoms with Crippen LogP contribution in [0.2, 0.25) is 0 Å². The molecule has 0 aliphatic heterocycles. The van der Waals surface area contributed by atoms with Crippen LogP contribution in [0.3, 0.4) is 0 Å². The molecule has 106 valence electrons. The summed E-state index contributed by atoms with van der Waals surface area (Å²) in [5.41, 5.74) is 7.13. The second-order valence-electron chi connectivity index (χ2n) is 5.72. The van der Waals surface area contributed by atoms with Gasteiger partial charge in [-0.25, -0.2) is 0 Å². The fraction of sp³-hybridized carbons (Fsp3) is 0.562. The van der Waals surface area contributed by atoms with Crippen LogP contribution in [-0.4, -0.2) is 29.9 Å². The summed E-state index contributed by atoms with van der Waals surface area (Å²) in [6.07, 6.45) is 1.60. The zero-order valence-corrected chi connectivity index (χ0v) is 12.5. The molecule has 0 saturated carbocycles. The van der Waals surface area contributed by atoms with Gasteiger partial charge in [0.2, 0.25) is 5.91 Å². The molecule has 0 fully saturated rings. The van der Waals surface area contributed by atoms with E-state index in [2.05, 4.69) is 20.8 Å². The third-order valence-electron chi connectivity index (χ3n) is 3.44. The van der Waals surface area contributed by atoms with E-state index < -0.39 is 6.04 Å². The maximum absolute atomic E-state index is 12.3. The highest BCUT2D eigenvalue weighted by atomic mass is 16.2. The van der Waals surface area contributed by atoms with E-state index in [4.69, 9.17) is 5.73 Å². The molecule has 3 heteroatoms. The van der Waals surface area contributed by atoms with Crippen LogP contribution in [0.1, 0.15) is 32.8 Å². The molecule has 2 N–H and O–H groups in total. The number of hydrogen-bond acceptors (Lipinski definition) is 2. The number of likely N-dealkylation sites (N-methyl/N-ethyl adjacent to an activating group) is 1. The first-order chi connectivity index (χ1) is 8.91. The van der Waals surface area contributed by atoms with E-state index in [1.54, 1.807) is 4.90 Å². The van der Waals surface area contributed by atoms with Gasteiger partial charge in [-0.3, -0.25) is 4.79 Å². The fourth-order valence-electron chi connectivity index (χ4n) is 2.27. The summed E-state index contributed by atoms with van der Waals surface area (Å²) in [6, 6.07) is 9.69. The highest BCUT2D eigenvalue weighted by Crippen LogP contribution is 2.11.